The number of nitrogens with one attached hydrogen (secondary N) is 1. The first-order valence-electron chi connectivity index (χ1n) is 12.1. The number of ether oxygens (including phenoxy) is 1. The van der Waals surface area contributed by atoms with Crippen LogP contribution in [-0.4, -0.2) is 34.8 Å². The Morgan fingerprint density at radius 3 is 2.88 bits per heavy atom. The summed E-state index contributed by atoms with van der Waals surface area (Å²) in [6.07, 6.45) is 8.46. The van der Waals surface area contributed by atoms with Gasteiger partial charge < -0.3 is 15.2 Å². The van der Waals surface area contributed by atoms with Gasteiger partial charge in [-0.1, -0.05) is 13.0 Å². The van der Waals surface area contributed by atoms with E-state index < -0.39 is 5.60 Å². The van der Waals surface area contributed by atoms with Crippen LogP contribution in [0.2, 0.25) is 0 Å². The van der Waals surface area contributed by atoms with Crippen LogP contribution in [0.5, 0.6) is 0 Å². The van der Waals surface area contributed by atoms with Gasteiger partial charge in [0.25, 0.3) is 5.91 Å². The summed E-state index contributed by atoms with van der Waals surface area (Å²) in [4.78, 5) is 17.2. The number of pyridine rings is 1. The van der Waals surface area contributed by atoms with Crippen molar-refractivity contribution in [3.8, 4) is 0 Å². The lowest BCUT2D eigenvalue weighted by atomic mass is 9.57. The Morgan fingerprint density at radius 2 is 2.12 bits per heavy atom. The average molecular weight is 437 g/mol. The van der Waals surface area contributed by atoms with E-state index in [1.807, 2.05) is 32.0 Å². The van der Waals surface area contributed by atoms with Crippen LogP contribution in [0.25, 0.3) is 0 Å². The van der Waals surface area contributed by atoms with Crippen LogP contribution in [0, 0.1) is 12.8 Å². The molecule has 0 unspecified atom stereocenters. The Labute approximate surface area is 191 Å². The number of aliphatic hydroxyl groups is 1. The lowest BCUT2D eigenvalue weighted by molar-refractivity contribution is -0.0975. The number of anilines is 1. The largest absolute Gasteiger partial charge is 0.387 e. The molecule has 1 heterocycles. The maximum Gasteiger partial charge on any atom is 0.255 e. The van der Waals surface area contributed by atoms with Crippen LogP contribution in [-0.2, 0) is 16.6 Å². The van der Waals surface area contributed by atoms with Crippen LogP contribution >= 0.6 is 0 Å². The standard InChI is InChI=1S/C27H36N2O3/c1-4-27-14-13-26(31,18-32-5-2)17-22(27)9-6-8-20-16-21(11-12-23(20)27)25(30)29-24-10-7-15-28-19(24)3/h7,10-12,15-16,22,31H,4-6,8-9,13-14,17-18H2,1-3H3,(H,29,30)/t22-,26+,27+/m0/s1. The second-order valence-electron chi connectivity index (χ2n) is 9.63. The van der Waals surface area contributed by atoms with Gasteiger partial charge in [-0.05, 0) is 106 Å². The monoisotopic (exact) mass is 436 g/mol. The van der Waals surface area contributed by atoms with Gasteiger partial charge in [0.15, 0.2) is 0 Å². The van der Waals surface area contributed by atoms with Crippen molar-refractivity contribution in [3.05, 3.63) is 58.9 Å². The van der Waals surface area contributed by atoms with E-state index in [2.05, 4.69) is 29.4 Å². The number of aromatic nitrogens is 1. The van der Waals surface area contributed by atoms with Crippen molar-refractivity contribution in [2.24, 2.45) is 5.92 Å². The second-order valence-corrected chi connectivity index (χ2v) is 9.63. The molecule has 5 nitrogen and oxygen atoms in total. The van der Waals surface area contributed by atoms with Crippen LogP contribution in [0.15, 0.2) is 36.5 Å². The molecule has 0 saturated heterocycles. The summed E-state index contributed by atoms with van der Waals surface area (Å²) >= 11 is 0. The molecule has 0 aliphatic heterocycles. The zero-order valence-corrected chi connectivity index (χ0v) is 19.6. The third-order valence-corrected chi connectivity index (χ3v) is 7.81. The molecule has 172 valence electrons. The fraction of sp³-hybridized carbons (Fsp3) is 0.556. The quantitative estimate of drug-likeness (QED) is 0.653. The number of carbonyl (C=O) groups is 1. The smallest absolute Gasteiger partial charge is 0.255 e. The normalized spacial score (nSPS) is 27.2. The van der Waals surface area contributed by atoms with Gasteiger partial charge in [0.05, 0.1) is 23.6 Å². The van der Waals surface area contributed by atoms with Crippen LogP contribution in [0.1, 0.15) is 79.6 Å². The number of carbonyl (C=O) groups excluding carboxylic acids is 1. The summed E-state index contributed by atoms with van der Waals surface area (Å²) in [6.45, 7) is 7.22. The van der Waals surface area contributed by atoms with Gasteiger partial charge in [-0.3, -0.25) is 9.78 Å². The molecular formula is C27H36N2O3. The minimum absolute atomic E-state index is 0.0687. The molecule has 1 aromatic heterocycles. The molecule has 1 amide bonds. The van der Waals surface area contributed by atoms with Crippen molar-refractivity contribution in [1.82, 2.24) is 4.98 Å². The number of aryl methyl sites for hydroxylation is 2. The summed E-state index contributed by atoms with van der Waals surface area (Å²) in [5.74, 6) is 0.343. The lowest BCUT2D eigenvalue weighted by Crippen LogP contribution is -2.49. The van der Waals surface area contributed by atoms with Crippen LogP contribution < -0.4 is 5.32 Å². The van der Waals surface area contributed by atoms with Crippen molar-refractivity contribution in [1.29, 1.82) is 0 Å². The molecule has 1 aromatic carbocycles. The van der Waals surface area contributed by atoms with E-state index in [0.717, 1.165) is 56.3 Å². The first kappa shape index (κ1) is 22.9. The molecule has 0 radical (unpaired) electrons. The minimum Gasteiger partial charge on any atom is -0.387 e. The van der Waals surface area contributed by atoms with Gasteiger partial charge in [-0.25, -0.2) is 0 Å². The van der Waals surface area contributed by atoms with E-state index >= 15 is 0 Å². The summed E-state index contributed by atoms with van der Waals surface area (Å²) in [6, 6.07) is 9.97. The molecule has 0 spiro atoms. The molecule has 0 bridgehead atoms. The van der Waals surface area contributed by atoms with Gasteiger partial charge >= 0.3 is 0 Å². The van der Waals surface area contributed by atoms with Crippen LogP contribution in [0.4, 0.5) is 5.69 Å². The van der Waals surface area contributed by atoms with Gasteiger partial charge in [0.2, 0.25) is 0 Å². The maximum absolute atomic E-state index is 13.0. The highest BCUT2D eigenvalue weighted by Crippen LogP contribution is 2.53. The fourth-order valence-corrected chi connectivity index (χ4v) is 6.01. The number of amides is 1. The Balaban J connectivity index is 1.61. The molecule has 32 heavy (non-hydrogen) atoms. The van der Waals surface area contributed by atoms with E-state index in [9.17, 15) is 9.90 Å². The zero-order chi connectivity index (χ0) is 22.8. The predicted octanol–water partition coefficient (Wildman–Crippen LogP) is 5.19. The third kappa shape index (κ3) is 4.33. The number of hydrogen-bond donors (Lipinski definition) is 2. The third-order valence-electron chi connectivity index (χ3n) is 7.81. The summed E-state index contributed by atoms with van der Waals surface area (Å²) in [7, 11) is 0. The molecule has 2 N–H and O–H groups in total. The SMILES string of the molecule is CCOC[C@@]1(O)CC[C@@]2(CC)c3ccc(C(=O)Nc4cccnc4C)cc3CCC[C@H]2C1. The molecular weight excluding hydrogens is 400 g/mol. The molecule has 1 fully saturated rings. The summed E-state index contributed by atoms with van der Waals surface area (Å²) < 4.78 is 5.62. The summed E-state index contributed by atoms with van der Waals surface area (Å²) in [5.41, 5.74) is 4.28. The molecule has 2 aliphatic carbocycles. The van der Waals surface area contributed by atoms with Crippen LogP contribution in [0.3, 0.4) is 0 Å². The Hall–Kier alpha value is -2.24. The number of hydrogen-bond acceptors (Lipinski definition) is 4. The van der Waals surface area contributed by atoms with Gasteiger partial charge in [0.1, 0.15) is 0 Å². The number of rotatable bonds is 6. The van der Waals surface area contributed by atoms with Crippen molar-refractivity contribution in [2.75, 3.05) is 18.5 Å². The average Bonchev–Trinajstić information content (AvgIpc) is 2.95. The van der Waals surface area contributed by atoms with E-state index in [1.165, 1.54) is 11.1 Å². The highest BCUT2D eigenvalue weighted by atomic mass is 16.5. The van der Waals surface area contributed by atoms with E-state index in [1.54, 1.807) is 6.20 Å². The van der Waals surface area contributed by atoms with E-state index in [4.69, 9.17) is 4.74 Å². The van der Waals surface area contributed by atoms with E-state index in [-0.39, 0.29) is 11.3 Å². The van der Waals surface area contributed by atoms with Crippen molar-refractivity contribution >= 4 is 11.6 Å². The van der Waals surface area contributed by atoms with Crippen molar-refractivity contribution < 1.29 is 14.6 Å². The van der Waals surface area contributed by atoms with Crippen molar-refractivity contribution in [2.45, 2.75) is 76.7 Å². The Morgan fingerprint density at radius 1 is 1.28 bits per heavy atom. The van der Waals surface area contributed by atoms with Crippen molar-refractivity contribution in [3.63, 3.8) is 0 Å². The zero-order valence-electron chi connectivity index (χ0n) is 19.6. The molecule has 2 aliphatic rings. The maximum atomic E-state index is 13.0. The molecule has 5 heteroatoms. The first-order valence-corrected chi connectivity index (χ1v) is 12.1. The molecule has 3 atom stereocenters. The topological polar surface area (TPSA) is 71.5 Å². The molecule has 2 aromatic rings. The highest BCUT2D eigenvalue weighted by Gasteiger charge is 2.49. The Kier molecular flexibility index (Phi) is 6.68. The Bertz CT molecular complexity index is 975. The second kappa shape index (κ2) is 9.32. The van der Waals surface area contributed by atoms with Gasteiger partial charge in [-0.15, -0.1) is 0 Å². The predicted molar refractivity (Wildman–Crippen MR) is 127 cm³/mol. The minimum atomic E-state index is -0.717. The number of fused-ring (bicyclic) bond motifs is 3. The van der Waals surface area contributed by atoms with Gasteiger partial charge in [0, 0.05) is 18.4 Å². The molecule has 4 rings (SSSR count). The summed E-state index contributed by atoms with van der Waals surface area (Å²) in [5, 5.41) is 14.2. The molecule has 1 saturated carbocycles. The highest BCUT2D eigenvalue weighted by molar-refractivity contribution is 6.04. The number of benzene rings is 1. The number of nitrogens with zero attached hydrogens (tertiary/aromatic N) is 1. The van der Waals surface area contributed by atoms with Gasteiger partial charge in [-0.2, -0.15) is 0 Å². The lowest BCUT2D eigenvalue weighted by Gasteiger charge is -2.50. The first-order chi connectivity index (χ1) is 15.4. The van der Waals surface area contributed by atoms with E-state index in [0.29, 0.717) is 24.7 Å². The fourth-order valence-electron chi connectivity index (χ4n) is 6.01.